The van der Waals surface area contributed by atoms with Gasteiger partial charge in [0.05, 0.1) is 20.5 Å². The lowest BCUT2D eigenvalue weighted by molar-refractivity contribution is 0.240. The highest BCUT2D eigenvalue weighted by Crippen LogP contribution is 2.27. The first-order valence-electron chi connectivity index (χ1n) is 8.41. The highest BCUT2D eigenvalue weighted by molar-refractivity contribution is 5.74. The van der Waals surface area contributed by atoms with Gasteiger partial charge in [0.1, 0.15) is 5.69 Å². The average Bonchev–Trinajstić information content (AvgIpc) is 3.25. The Morgan fingerprint density at radius 3 is 2.59 bits per heavy atom. The Hall–Kier alpha value is -3.48. The average molecular weight is 367 g/mol. The smallest absolute Gasteiger partial charge is 0.315 e. The van der Waals surface area contributed by atoms with Gasteiger partial charge in [0.25, 0.3) is 0 Å². The fraction of sp³-hybridized carbons (Fsp3) is 0.200. The predicted molar refractivity (Wildman–Crippen MR) is 101 cm³/mol. The number of methoxy groups -OCH3 is 2. The molecule has 0 bridgehead atoms. The number of pyridine rings is 1. The maximum Gasteiger partial charge on any atom is 0.315 e. The Bertz CT molecular complexity index is 894. The van der Waals surface area contributed by atoms with Crippen LogP contribution in [0, 0.1) is 0 Å². The molecule has 0 unspecified atom stereocenters. The number of nitrogens with zero attached hydrogens (tertiary/aromatic N) is 1. The summed E-state index contributed by atoms with van der Waals surface area (Å²) in [6.07, 6.45) is 3.29. The van der Waals surface area contributed by atoms with Gasteiger partial charge in [-0.2, -0.15) is 0 Å². The Morgan fingerprint density at radius 1 is 1.04 bits per heavy atom. The highest BCUT2D eigenvalue weighted by Gasteiger charge is 2.10. The third kappa shape index (κ3) is 4.58. The van der Waals surface area contributed by atoms with Gasteiger partial charge in [-0.15, -0.1) is 0 Å². The zero-order valence-corrected chi connectivity index (χ0v) is 15.2. The first-order valence-corrected chi connectivity index (χ1v) is 8.41. The Balaban J connectivity index is 1.57. The second-order valence-corrected chi connectivity index (χ2v) is 5.71. The van der Waals surface area contributed by atoms with Crippen LogP contribution < -0.4 is 20.1 Å². The Labute approximate surface area is 157 Å². The van der Waals surface area contributed by atoms with Gasteiger partial charge in [-0.3, -0.25) is 4.98 Å². The zero-order valence-electron chi connectivity index (χ0n) is 15.2. The van der Waals surface area contributed by atoms with Gasteiger partial charge in [-0.25, -0.2) is 4.79 Å². The van der Waals surface area contributed by atoms with E-state index in [-0.39, 0.29) is 6.03 Å². The van der Waals surface area contributed by atoms with E-state index in [0.717, 1.165) is 11.1 Å². The van der Waals surface area contributed by atoms with Gasteiger partial charge in [-0.05, 0) is 35.9 Å². The van der Waals surface area contributed by atoms with Gasteiger partial charge < -0.3 is 24.5 Å². The number of carbonyl (C=O) groups excluding carboxylic acids is 1. The Morgan fingerprint density at radius 2 is 1.85 bits per heavy atom. The first-order chi connectivity index (χ1) is 13.2. The van der Waals surface area contributed by atoms with Crippen LogP contribution in [0.25, 0.3) is 11.5 Å². The standard InChI is InChI=1S/C20H21N3O4/c1-25-16-8-7-14(11-18(16)26-2)12-22-20(24)23-13-15-5-3-9-21-19(15)17-6-4-10-27-17/h3-11H,12-13H2,1-2H3,(H2,22,23,24). The molecule has 0 aliphatic carbocycles. The van der Waals surface area contributed by atoms with Crippen molar-refractivity contribution in [3.8, 4) is 23.0 Å². The molecule has 2 heterocycles. The molecule has 140 valence electrons. The number of hydrogen-bond acceptors (Lipinski definition) is 5. The minimum absolute atomic E-state index is 0.279. The molecule has 27 heavy (non-hydrogen) atoms. The topological polar surface area (TPSA) is 85.6 Å². The minimum Gasteiger partial charge on any atom is -0.493 e. The lowest BCUT2D eigenvalue weighted by Gasteiger charge is -2.12. The SMILES string of the molecule is COc1ccc(CNC(=O)NCc2cccnc2-c2ccco2)cc1OC. The number of furan rings is 1. The van der Waals surface area contributed by atoms with E-state index in [0.29, 0.717) is 36.0 Å². The fourth-order valence-corrected chi connectivity index (χ4v) is 2.63. The van der Waals surface area contributed by atoms with E-state index < -0.39 is 0 Å². The summed E-state index contributed by atoms with van der Waals surface area (Å²) in [4.78, 5) is 16.5. The lowest BCUT2D eigenvalue weighted by atomic mass is 10.1. The number of nitrogens with one attached hydrogen (secondary N) is 2. The quantitative estimate of drug-likeness (QED) is 0.669. The van der Waals surface area contributed by atoms with Gasteiger partial charge in [-0.1, -0.05) is 12.1 Å². The molecule has 0 saturated carbocycles. The summed E-state index contributed by atoms with van der Waals surface area (Å²) < 4.78 is 15.9. The normalized spacial score (nSPS) is 10.3. The maximum absolute atomic E-state index is 12.1. The highest BCUT2D eigenvalue weighted by atomic mass is 16.5. The molecule has 0 radical (unpaired) electrons. The van der Waals surface area contributed by atoms with E-state index in [2.05, 4.69) is 15.6 Å². The van der Waals surface area contributed by atoms with E-state index >= 15 is 0 Å². The molecule has 0 atom stereocenters. The van der Waals surface area contributed by atoms with Crippen LogP contribution in [0.2, 0.25) is 0 Å². The number of benzene rings is 1. The molecular weight excluding hydrogens is 346 g/mol. The van der Waals surface area contributed by atoms with Gasteiger partial charge in [0.2, 0.25) is 0 Å². The lowest BCUT2D eigenvalue weighted by Crippen LogP contribution is -2.34. The van der Waals surface area contributed by atoms with Crippen LogP contribution in [-0.2, 0) is 13.1 Å². The van der Waals surface area contributed by atoms with Gasteiger partial charge in [0.15, 0.2) is 17.3 Å². The van der Waals surface area contributed by atoms with Crippen LogP contribution in [0.4, 0.5) is 4.79 Å². The molecule has 7 heteroatoms. The molecule has 0 spiro atoms. The van der Waals surface area contributed by atoms with Gasteiger partial charge >= 0.3 is 6.03 Å². The molecule has 0 aliphatic heterocycles. The molecule has 2 aromatic heterocycles. The molecule has 7 nitrogen and oxygen atoms in total. The summed E-state index contributed by atoms with van der Waals surface area (Å²) in [6.45, 7) is 0.700. The minimum atomic E-state index is -0.279. The predicted octanol–water partition coefficient (Wildman–Crippen LogP) is 3.36. The second kappa shape index (κ2) is 8.75. The van der Waals surface area contributed by atoms with Crippen molar-refractivity contribution in [1.82, 2.24) is 15.6 Å². The van der Waals surface area contributed by atoms with Crippen molar-refractivity contribution in [2.24, 2.45) is 0 Å². The summed E-state index contributed by atoms with van der Waals surface area (Å²) >= 11 is 0. The van der Waals surface area contributed by atoms with Crippen molar-refractivity contribution in [3.05, 3.63) is 66.1 Å². The molecule has 2 amide bonds. The van der Waals surface area contributed by atoms with Crippen molar-refractivity contribution in [2.45, 2.75) is 13.1 Å². The van der Waals surface area contributed by atoms with Crippen LogP contribution in [0.5, 0.6) is 11.5 Å². The molecular formula is C20H21N3O4. The largest absolute Gasteiger partial charge is 0.493 e. The van der Waals surface area contributed by atoms with Crippen molar-refractivity contribution in [3.63, 3.8) is 0 Å². The Kier molecular flexibility index (Phi) is 5.94. The number of carbonyl (C=O) groups is 1. The molecule has 2 N–H and O–H groups in total. The van der Waals surface area contributed by atoms with Crippen LogP contribution in [0.1, 0.15) is 11.1 Å². The number of amides is 2. The molecule has 0 saturated heterocycles. The molecule has 1 aromatic carbocycles. The van der Waals surface area contributed by atoms with Crippen molar-refractivity contribution in [2.75, 3.05) is 14.2 Å². The van der Waals surface area contributed by atoms with Crippen LogP contribution in [-0.4, -0.2) is 25.2 Å². The number of urea groups is 1. The molecule has 3 rings (SSSR count). The fourth-order valence-electron chi connectivity index (χ4n) is 2.63. The van der Waals surface area contributed by atoms with E-state index in [1.165, 1.54) is 0 Å². The summed E-state index contributed by atoms with van der Waals surface area (Å²) in [7, 11) is 3.16. The van der Waals surface area contributed by atoms with Gasteiger partial charge in [0, 0.05) is 24.8 Å². The zero-order chi connectivity index (χ0) is 19.1. The number of rotatable bonds is 7. The van der Waals surface area contributed by atoms with Crippen LogP contribution in [0.3, 0.4) is 0 Å². The van der Waals surface area contributed by atoms with Crippen LogP contribution in [0.15, 0.2) is 59.3 Å². The van der Waals surface area contributed by atoms with Crippen molar-refractivity contribution >= 4 is 6.03 Å². The second-order valence-electron chi connectivity index (χ2n) is 5.71. The summed E-state index contributed by atoms with van der Waals surface area (Å²) in [5.41, 5.74) is 2.48. The first kappa shape index (κ1) is 18.3. The molecule has 0 fully saturated rings. The molecule has 0 aliphatic rings. The van der Waals surface area contributed by atoms with E-state index in [1.54, 1.807) is 38.8 Å². The summed E-state index contributed by atoms with van der Waals surface area (Å²) in [5.74, 6) is 1.93. The van der Waals surface area contributed by atoms with E-state index in [1.807, 2.05) is 30.3 Å². The number of hydrogen-bond donors (Lipinski definition) is 2. The summed E-state index contributed by atoms with van der Waals surface area (Å²) in [5, 5.41) is 5.66. The third-order valence-electron chi connectivity index (χ3n) is 3.99. The monoisotopic (exact) mass is 367 g/mol. The van der Waals surface area contributed by atoms with Crippen molar-refractivity contribution in [1.29, 1.82) is 0 Å². The van der Waals surface area contributed by atoms with Crippen LogP contribution >= 0.6 is 0 Å². The number of ether oxygens (including phenoxy) is 2. The number of aromatic nitrogens is 1. The summed E-state index contributed by atoms with van der Waals surface area (Å²) in [6, 6.07) is 12.6. The van der Waals surface area contributed by atoms with Crippen molar-refractivity contribution < 1.29 is 18.7 Å². The third-order valence-corrected chi connectivity index (χ3v) is 3.99. The maximum atomic E-state index is 12.1. The van der Waals surface area contributed by atoms with E-state index in [4.69, 9.17) is 13.9 Å². The van der Waals surface area contributed by atoms with E-state index in [9.17, 15) is 4.79 Å². The molecule has 3 aromatic rings.